The second-order valence-electron chi connectivity index (χ2n) is 3.92. The lowest BCUT2D eigenvalue weighted by molar-refractivity contribution is 0.188. The normalized spacial score (nSPS) is 32.0. The third-order valence-electron chi connectivity index (χ3n) is 1.96. The summed E-state index contributed by atoms with van der Waals surface area (Å²) in [4.78, 5) is 5.17. The van der Waals surface area contributed by atoms with Gasteiger partial charge in [-0.2, -0.15) is 5.48 Å². The van der Waals surface area contributed by atoms with Crippen LogP contribution in [0.15, 0.2) is 12.2 Å². The van der Waals surface area contributed by atoms with E-state index in [1.165, 1.54) is 0 Å². The van der Waals surface area contributed by atoms with Gasteiger partial charge in [-0.3, -0.25) is 4.84 Å². The minimum atomic E-state index is -0.257. The summed E-state index contributed by atoms with van der Waals surface area (Å²) in [7, 11) is 0. The molecule has 0 bridgehead atoms. The maximum Gasteiger partial charge on any atom is 0.187 e. The zero-order valence-electron chi connectivity index (χ0n) is 7.12. The van der Waals surface area contributed by atoms with Crippen LogP contribution in [0.4, 0.5) is 0 Å². The van der Waals surface area contributed by atoms with Crippen LogP contribution in [0.1, 0.15) is 27.7 Å². The van der Waals surface area contributed by atoms with E-state index in [-0.39, 0.29) is 11.1 Å². The van der Waals surface area contributed by atoms with E-state index in [0.717, 1.165) is 5.57 Å². The SMILES string of the molecule is C=C(C)C1(C(C)(C)C)NO1. The van der Waals surface area contributed by atoms with E-state index < -0.39 is 0 Å². The van der Waals surface area contributed by atoms with Crippen LogP contribution in [-0.4, -0.2) is 5.72 Å². The molecule has 10 heavy (non-hydrogen) atoms. The maximum absolute atomic E-state index is 5.17. The predicted octanol–water partition coefficient (Wildman–Crippen LogP) is 1.84. The van der Waals surface area contributed by atoms with Gasteiger partial charge in [0.1, 0.15) is 0 Å². The van der Waals surface area contributed by atoms with E-state index in [4.69, 9.17) is 4.84 Å². The first-order valence-corrected chi connectivity index (χ1v) is 3.51. The topological polar surface area (TPSA) is 34.5 Å². The van der Waals surface area contributed by atoms with Crippen LogP contribution in [-0.2, 0) is 4.84 Å². The molecule has 0 aliphatic carbocycles. The van der Waals surface area contributed by atoms with Crippen LogP contribution < -0.4 is 5.48 Å². The van der Waals surface area contributed by atoms with Crippen LogP contribution in [0.5, 0.6) is 0 Å². The van der Waals surface area contributed by atoms with Crippen LogP contribution in [0, 0.1) is 5.41 Å². The van der Waals surface area contributed by atoms with Crippen molar-refractivity contribution in [1.82, 2.24) is 5.48 Å². The first kappa shape index (κ1) is 7.76. The Bertz CT molecular complexity index is 163. The van der Waals surface area contributed by atoms with Gasteiger partial charge in [0.25, 0.3) is 0 Å². The Labute approximate surface area is 62.2 Å². The summed E-state index contributed by atoms with van der Waals surface area (Å²) >= 11 is 0. The first-order chi connectivity index (χ1) is 4.40. The summed E-state index contributed by atoms with van der Waals surface area (Å²) in [5, 5.41) is 0. The zero-order valence-corrected chi connectivity index (χ0v) is 7.12. The minimum Gasteiger partial charge on any atom is -0.269 e. The number of rotatable bonds is 1. The fourth-order valence-corrected chi connectivity index (χ4v) is 1.17. The van der Waals surface area contributed by atoms with Crippen molar-refractivity contribution in [2.75, 3.05) is 0 Å². The van der Waals surface area contributed by atoms with Crippen molar-refractivity contribution >= 4 is 0 Å². The van der Waals surface area contributed by atoms with Gasteiger partial charge in [-0.05, 0) is 12.5 Å². The van der Waals surface area contributed by atoms with E-state index in [2.05, 4.69) is 32.8 Å². The molecule has 1 aliphatic heterocycles. The van der Waals surface area contributed by atoms with Gasteiger partial charge in [-0.1, -0.05) is 27.4 Å². The molecule has 0 aromatic carbocycles. The van der Waals surface area contributed by atoms with Gasteiger partial charge in [0.15, 0.2) is 5.72 Å². The second-order valence-corrected chi connectivity index (χ2v) is 3.92. The minimum absolute atomic E-state index is 0.0961. The van der Waals surface area contributed by atoms with Crippen LogP contribution >= 0.6 is 0 Å². The molecule has 1 atom stereocenters. The van der Waals surface area contributed by atoms with Gasteiger partial charge in [-0.15, -0.1) is 0 Å². The van der Waals surface area contributed by atoms with Crippen molar-refractivity contribution < 1.29 is 4.84 Å². The molecule has 2 nitrogen and oxygen atoms in total. The van der Waals surface area contributed by atoms with Gasteiger partial charge >= 0.3 is 0 Å². The Hall–Kier alpha value is -0.340. The summed E-state index contributed by atoms with van der Waals surface area (Å²) in [5.74, 6) is 0. The van der Waals surface area contributed by atoms with Crippen molar-refractivity contribution in [2.45, 2.75) is 33.4 Å². The lowest BCUT2D eigenvalue weighted by atomic mass is 9.81. The van der Waals surface area contributed by atoms with Crippen molar-refractivity contribution in [3.05, 3.63) is 12.2 Å². The van der Waals surface area contributed by atoms with Crippen molar-refractivity contribution in [1.29, 1.82) is 0 Å². The molecule has 1 fully saturated rings. The Kier molecular flexibility index (Phi) is 1.42. The third-order valence-corrected chi connectivity index (χ3v) is 1.96. The monoisotopic (exact) mass is 141 g/mol. The Balaban J connectivity index is 2.80. The molecule has 0 spiro atoms. The molecule has 0 saturated carbocycles. The Morgan fingerprint density at radius 3 is 1.90 bits per heavy atom. The molecular formula is C8H15NO. The average molecular weight is 141 g/mol. The van der Waals surface area contributed by atoms with Crippen LogP contribution in [0.3, 0.4) is 0 Å². The highest BCUT2D eigenvalue weighted by Gasteiger charge is 2.55. The molecule has 1 rings (SSSR count). The molecule has 1 unspecified atom stereocenters. The maximum atomic E-state index is 5.17. The number of hydroxylamine groups is 1. The molecule has 1 aliphatic rings. The van der Waals surface area contributed by atoms with Gasteiger partial charge in [0, 0.05) is 5.41 Å². The molecule has 58 valence electrons. The van der Waals surface area contributed by atoms with Gasteiger partial charge in [0.2, 0.25) is 0 Å². The highest BCUT2D eigenvalue weighted by atomic mass is 16.8. The van der Waals surface area contributed by atoms with Gasteiger partial charge in [0.05, 0.1) is 0 Å². The van der Waals surface area contributed by atoms with E-state index in [0.29, 0.717) is 0 Å². The number of hydrogen-bond donors (Lipinski definition) is 1. The lowest BCUT2D eigenvalue weighted by Crippen LogP contribution is -2.33. The fraction of sp³-hybridized carbons (Fsp3) is 0.750. The Morgan fingerprint density at radius 2 is 1.90 bits per heavy atom. The highest BCUT2D eigenvalue weighted by Crippen LogP contribution is 2.43. The molecule has 1 N–H and O–H groups in total. The van der Waals surface area contributed by atoms with E-state index in [1.54, 1.807) is 0 Å². The summed E-state index contributed by atoms with van der Waals surface area (Å²) in [6.07, 6.45) is 0. The summed E-state index contributed by atoms with van der Waals surface area (Å²) in [5.41, 5.74) is 3.77. The smallest absolute Gasteiger partial charge is 0.187 e. The summed E-state index contributed by atoms with van der Waals surface area (Å²) in [6.45, 7) is 12.2. The first-order valence-electron chi connectivity index (χ1n) is 3.51. The quantitative estimate of drug-likeness (QED) is 0.446. The lowest BCUT2D eigenvalue weighted by Gasteiger charge is -2.25. The molecule has 1 heterocycles. The van der Waals surface area contributed by atoms with Crippen molar-refractivity contribution in [2.24, 2.45) is 5.41 Å². The molecule has 2 heteroatoms. The van der Waals surface area contributed by atoms with Crippen molar-refractivity contribution in [3.63, 3.8) is 0 Å². The van der Waals surface area contributed by atoms with Crippen molar-refractivity contribution in [3.8, 4) is 0 Å². The summed E-state index contributed by atoms with van der Waals surface area (Å²) < 4.78 is 0. The molecule has 0 aromatic heterocycles. The predicted molar refractivity (Wildman–Crippen MR) is 41.2 cm³/mol. The van der Waals surface area contributed by atoms with E-state index >= 15 is 0 Å². The summed E-state index contributed by atoms with van der Waals surface area (Å²) in [6, 6.07) is 0. The highest BCUT2D eigenvalue weighted by molar-refractivity contribution is 5.18. The molecule has 0 aromatic rings. The Morgan fingerprint density at radius 1 is 1.50 bits per heavy atom. The van der Waals surface area contributed by atoms with E-state index in [1.807, 2.05) is 6.92 Å². The van der Waals surface area contributed by atoms with E-state index in [9.17, 15) is 0 Å². The standard InChI is InChI=1S/C8H15NO/c1-6(2)8(9-10-8)7(3,4)5/h9H,1H2,2-5H3. The number of hydrogen-bond acceptors (Lipinski definition) is 2. The fourth-order valence-electron chi connectivity index (χ4n) is 1.17. The molecule has 0 amide bonds. The third kappa shape index (κ3) is 0.879. The second kappa shape index (κ2) is 1.83. The van der Waals surface area contributed by atoms with Gasteiger partial charge in [-0.25, -0.2) is 0 Å². The average Bonchev–Trinajstić information content (AvgIpc) is 2.36. The largest absolute Gasteiger partial charge is 0.269 e. The molecule has 0 radical (unpaired) electrons. The van der Waals surface area contributed by atoms with Crippen LogP contribution in [0.2, 0.25) is 0 Å². The molecular weight excluding hydrogens is 126 g/mol. The van der Waals surface area contributed by atoms with Crippen LogP contribution in [0.25, 0.3) is 0 Å². The molecule has 1 saturated heterocycles. The van der Waals surface area contributed by atoms with Gasteiger partial charge < -0.3 is 0 Å². The zero-order chi connectivity index (χ0) is 7.99. The number of nitrogens with one attached hydrogen (secondary N) is 1.